The highest BCUT2D eigenvalue weighted by atomic mass is 14.4. The van der Waals surface area contributed by atoms with Crippen molar-refractivity contribution in [3.63, 3.8) is 0 Å². The maximum atomic E-state index is 1.92. The molecule has 0 aliphatic heterocycles. The molecule has 0 N–H and O–H groups in total. The van der Waals surface area contributed by atoms with E-state index in [2.05, 4.69) is 0 Å². The second kappa shape index (κ2) is 2.12. The molecule has 0 spiro atoms. The molecule has 11 heavy (non-hydrogen) atoms. The van der Waals surface area contributed by atoms with E-state index in [9.17, 15) is 0 Å². The van der Waals surface area contributed by atoms with Crippen LogP contribution in [0.1, 0.15) is 44.9 Å². The zero-order valence-electron chi connectivity index (χ0n) is 7.10. The van der Waals surface area contributed by atoms with Gasteiger partial charge in [-0.1, -0.05) is 17.6 Å². The quantitative estimate of drug-likeness (QED) is 0.462. The van der Waals surface area contributed by atoms with Crippen molar-refractivity contribution in [2.75, 3.05) is 0 Å². The fourth-order valence-corrected chi connectivity index (χ4v) is 3.57. The summed E-state index contributed by atoms with van der Waals surface area (Å²) in [7, 11) is 0. The molecule has 0 bridgehead atoms. The SMILES string of the molecule is C1CC2=C(C1)C1CCCC1C2. The first-order chi connectivity index (χ1) is 5.45. The van der Waals surface area contributed by atoms with Gasteiger partial charge in [0.15, 0.2) is 0 Å². The third-order valence-corrected chi connectivity index (χ3v) is 3.99. The van der Waals surface area contributed by atoms with Crippen LogP contribution in [0.3, 0.4) is 0 Å². The Morgan fingerprint density at radius 2 is 2.00 bits per heavy atom. The summed E-state index contributed by atoms with van der Waals surface area (Å²) in [5, 5.41) is 0. The van der Waals surface area contributed by atoms with E-state index in [1.165, 1.54) is 44.9 Å². The van der Waals surface area contributed by atoms with Crippen molar-refractivity contribution in [1.82, 2.24) is 0 Å². The van der Waals surface area contributed by atoms with Crippen LogP contribution in [0.4, 0.5) is 0 Å². The molecular formula is C11H16. The Hall–Kier alpha value is -0.260. The molecular weight excluding hydrogens is 132 g/mol. The molecule has 3 rings (SSSR count). The van der Waals surface area contributed by atoms with Gasteiger partial charge in [-0.25, -0.2) is 0 Å². The van der Waals surface area contributed by atoms with E-state index in [0.717, 1.165) is 11.8 Å². The molecule has 3 aliphatic rings. The van der Waals surface area contributed by atoms with Crippen LogP contribution in [0, 0.1) is 11.8 Å². The molecule has 2 atom stereocenters. The lowest BCUT2D eigenvalue weighted by Gasteiger charge is -2.12. The standard InChI is InChI=1S/C11H16/c1-3-8-7-9-4-2-6-11(9)10(8)5-1/h8,10H,1-7H2. The maximum Gasteiger partial charge on any atom is -0.0169 e. The lowest BCUT2D eigenvalue weighted by atomic mass is 9.93. The molecule has 0 saturated heterocycles. The molecule has 0 nitrogen and oxygen atoms in total. The molecule has 0 aromatic heterocycles. The zero-order valence-corrected chi connectivity index (χ0v) is 7.10. The van der Waals surface area contributed by atoms with Crippen LogP contribution in [0.15, 0.2) is 11.1 Å². The van der Waals surface area contributed by atoms with Crippen molar-refractivity contribution in [2.24, 2.45) is 11.8 Å². The van der Waals surface area contributed by atoms with Crippen molar-refractivity contribution >= 4 is 0 Å². The average Bonchev–Trinajstić information content (AvgIpc) is 2.52. The van der Waals surface area contributed by atoms with Gasteiger partial charge in [0.05, 0.1) is 0 Å². The molecule has 0 heterocycles. The fourth-order valence-electron chi connectivity index (χ4n) is 3.57. The molecule has 1 fully saturated rings. The van der Waals surface area contributed by atoms with Gasteiger partial charge < -0.3 is 0 Å². The predicted octanol–water partition coefficient (Wildman–Crippen LogP) is 3.29. The Morgan fingerprint density at radius 3 is 3.00 bits per heavy atom. The van der Waals surface area contributed by atoms with Crippen molar-refractivity contribution < 1.29 is 0 Å². The predicted molar refractivity (Wildman–Crippen MR) is 46.3 cm³/mol. The Balaban J connectivity index is 1.93. The Labute approximate surface area is 68.7 Å². The van der Waals surface area contributed by atoms with Crippen molar-refractivity contribution in [3.05, 3.63) is 11.1 Å². The van der Waals surface area contributed by atoms with E-state index in [4.69, 9.17) is 0 Å². The van der Waals surface area contributed by atoms with Gasteiger partial charge in [-0.2, -0.15) is 0 Å². The smallest absolute Gasteiger partial charge is 0.0169 e. The summed E-state index contributed by atoms with van der Waals surface area (Å²) in [6.07, 6.45) is 10.5. The van der Waals surface area contributed by atoms with Gasteiger partial charge in [-0.3, -0.25) is 0 Å². The van der Waals surface area contributed by atoms with Crippen molar-refractivity contribution in [2.45, 2.75) is 44.9 Å². The van der Waals surface area contributed by atoms with Crippen LogP contribution >= 0.6 is 0 Å². The molecule has 0 heteroatoms. The zero-order chi connectivity index (χ0) is 7.26. The normalized spacial score (nSPS) is 41.5. The van der Waals surface area contributed by atoms with E-state index >= 15 is 0 Å². The first-order valence-corrected chi connectivity index (χ1v) is 5.16. The highest BCUT2D eigenvalue weighted by Gasteiger charge is 2.38. The van der Waals surface area contributed by atoms with E-state index in [1.54, 1.807) is 0 Å². The highest BCUT2D eigenvalue weighted by molar-refractivity contribution is 5.29. The van der Waals surface area contributed by atoms with Gasteiger partial charge in [-0.05, 0) is 50.4 Å². The maximum absolute atomic E-state index is 1.92. The highest BCUT2D eigenvalue weighted by Crippen LogP contribution is 2.52. The number of hydrogen-bond donors (Lipinski definition) is 0. The van der Waals surface area contributed by atoms with E-state index in [0.29, 0.717) is 0 Å². The van der Waals surface area contributed by atoms with Gasteiger partial charge in [0.1, 0.15) is 0 Å². The van der Waals surface area contributed by atoms with Crippen LogP contribution < -0.4 is 0 Å². The summed E-state index contributed by atoms with van der Waals surface area (Å²) in [4.78, 5) is 0. The van der Waals surface area contributed by atoms with Crippen LogP contribution in [-0.4, -0.2) is 0 Å². The summed E-state index contributed by atoms with van der Waals surface area (Å²) >= 11 is 0. The monoisotopic (exact) mass is 148 g/mol. The van der Waals surface area contributed by atoms with Crippen LogP contribution in [-0.2, 0) is 0 Å². The largest absolute Gasteiger partial charge is 0.0704 e. The summed E-state index contributed by atoms with van der Waals surface area (Å²) < 4.78 is 0. The molecule has 0 aromatic carbocycles. The first kappa shape index (κ1) is 6.28. The second-order valence-electron chi connectivity index (χ2n) is 4.48. The minimum Gasteiger partial charge on any atom is -0.0704 e. The number of allylic oxidation sites excluding steroid dienone is 2. The number of rotatable bonds is 0. The first-order valence-electron chi connectivity index (χ1n) is 5.16. The molecule has 60 valence electrons. The molecule has 0 amide bonds. The summed E-state index contributed by atoms with van der Waals surface area (Å²) in [6.45, 7) is 0. The van der Waals surface area contributed by atoms with Gasteiger partial charge >= 0.3 is 0 Å². The van der Waals surface area contributed by atoms with Crippen LogP contribution in [0.2, 0.25) is 0 Å². The summed E-state index contributed by atoms with van der Waals surface area (Å²) in [5.41, 5.74) is 3.81. The molecule has 3 aliphatic carbocycles. The van der Waals surface area contributed by atoms with E-state index in [-0.39, 0.29) is 0 Å². The third-order valence-electron chi connectivity index (χ3n) is 3.99. The third kappa shape index (κ3) is 0.758. The van der Waals surface area contributed by atoms with Crippen molar-refractivity contribution in [1.29, 1.82) is 0 Å². The molecule has 1 saturated carbocycles. The second-order valence-corrected chi connectivity index (χ2v) is 4.48. The van der Waals surface area contributed by atoms with Gasteiger partial charge in [-0.15, -0.1) is 0 Å². The number of fused-ring (bicyclic) bond motifs is 2. The average molecular weight is 148 g/mol. The van der Waals surface area contributed by atoms with Gasteiger partial charge in [0.2, 0.25) is 0 Å². The number of hydrogen-bond acceptors (Lipinski definition) is 0. The van der Waals surface area contributed by atoms with E-state index < -0.39 is 0 Å². The molecule has 0 aromatic rings. The lowest BCUT2D eigenvalue weighted by Crippen LogP contribution is -2.02. The van der Waals surface area contributed by atoms with Crippen molar-refractivity contribution in [3.8, 4) is 0 Å². The van der Waals surface area contributed by atoms with E-state index in [1.807, 2.05) is 11.1 Å². The van der Waals surface area contributed by atoms with Crippen LogP contribution in [0.25, 0.3) is 0 Å². The van der Waals surface area contributed by atoms with Crippen LogP contribution in [0.5, 0.6) is 0 Å². The Kier molecular flexibility index (Phi) is 1.21. The Morgan fingerprint density at radius 1 is 1.00 bits per heavy atom. The summed E-state index contributed by atoms with van der Waals surface area (Å²) in [5.74, 6) is 2.19. The Bertz CT molecular complexity index is 212. The van der Waals surface area contributed by atoms with Gasteiger partial charge in [0.25, 0.3) is 0 Å². The minimum atomic E-state index is 1.08. The summed E-state index contributed by atoms with van der Waals surface area (Å²) in [6, 6.07) is 0. The lowest BCUT2D eigenvalue weighted by molar-refractivity contribution is 0.459. The molecule has 2 unspecified atom stereocenters. The van der Waals surface area contributed by atoms with Gasteiger partial charge in [0, 0.05) is 0 Å². The topological polar surface area (TPSA) is 0 Å². The molecule has 0 radical (unpaired) electrons. The fraction of sp³-hybridized carbons (Fsp3) is 0.818. The minimum absolute atomic E-state index is 1.08.